The first-order chi connectivity index (χ1) is 17.5. The van der Waals surface area contributed by atoms with Crippen molar-refractivity contribution in [2.75, 3.05) is 18.0 Å². The van der Waals surface area contributed by atoms with Gasteiger partial charge in [0.25, 0.3) is 5.91 Å². The molecule has 0 aliphatic carbocycles. The van der Waals surface area contributed by atoms with Crippen LogP contribution in [0.2, 0.25) is 0 Å². The van der Waals surface area contributed by atoms with Crippen LogP contribution in [0.1, 0.15) is 59.7 Å². The van der Waals surface area contributed by atoms with Crippen molar-refractivity contribution in [2.45, 2.75) is 51.7 Å². The largest absolute Gasteiger partial charge is 0.363 e. The molecule has 0 saturated carbocycles. The lowest BCUT2D eigenvalue weighted by Crippen LogP contribution is -2.43. The Hall–Kier alpha value is -3.67. The van der Waals surface area contributed by atoms with Crippen LogP contribution in [0, 0.1) is 5.92 Å². The summed E-state index contributed by atoms with van der Waals surface area (Å²) in [4.78, 5) is 35.4. The van der Waals surface area contributed by atoms with E-state index >= 15 is 0 Å². The van der Waals surface area contributed by atoms with Crippen molar-refractivity contribution < 1.29 is 9.59 Å². The van der Waals surface area contributed by atoms with E-state index in [0.717, 1.165) is 42.7 Å². The summed E-state index contributed by atoms with van der Waals surface area (Å²) in [6.45, 7) is 7.10. The fraction of sp³-hybridized carbons (Fsp3) is 0.367. The van der Waals surface area contributed by atoms with Gasteiger partial charge in [-0.2, -0.15) is 0 Å². The summed E-state index contributed by atoms with van der Waals surface area (Å²) < 4.78 is 0. The number of amides is 2. The molecule has 5 rings (SSSR count). The summed E-state index contributed by atoms with van der Waals surface area (Å²) in [6, 6.07) is 20.1. The van der Waals surface area contributed by atoms with Gasteiger partial charge >= 0.3 is 0 Å². The average molecular weight is 483 g/mol. The molecular weight excluding hydrogens is 448 g/mol. The van der Waals surface area contributed by atoms with Crippen molar-refractivity contribution in [1.82, 2.24) is 15.2 Å². The predicted molar refractivity (Wildman–Crippen MR) is 142 cm³/mol. The molecule has 186 valence electrons. The minimum absolute atomic E-state index is 0.00739. The van der Waals surface area contributed by atoms with Gasteiger partial charge in [0, 0.05) is 55.9 Å². The molecule has 2 aliphatic rings. The van der Waals surface area contributed by atoms with Crippen LogP contribution in [0.5, 0.6) is 0 Å². The SMILES string of the molecule is CC(C)C1C(C(=O)NCc2cccnc2)c2ccc(C(=O)N3CCCC3)cc2N1Cc1ccccc1. The molecule has 2 aromatic carbocycles. The second kappa shape index (κ2) is 10.5. The van der Waals surface area contributed by atoms with E-state index in [4.69, 9.17) is 0 Å². The van der Waals surface area contributed by atoms with E-state index in [1.54, 1.807) is 12.4 Å². The van der Waals surface area contributed by atoms with E-state index in [1.165, 1.54) is 5.56 Å². The number of aromatic nitrogens is 1. The van der Waals surface area contributed by atoms with Crippen LogP contribution < -0.4 is 10.2 Å². The number of likely N-dealkylation sites (tertiary alicyclic amines) is 1. The predicted octanol–water partition coefficient (Wildman–Crippen LogP) is 4.76. The van der Waals surface area contributed by atoms with Crippen molar-refractivity contribution in [2.24, 2.45) is 5.92 Å². The smallest absolute Gasteiger partial charge is 0.253 e. The zero-order valence-corrected chi connectivity index (χ0v) is 21.1. The Balaban J connectivity index is 1.50. The lowest BCUT2D eigenvalue weighted by Gasteiger charge is -2.33. The van der Waals surface area contributed by atoms with E-state index < -0.39 is 0 Å². The van der Waals surface area contributed by atoms with Gasteiger partial charge in [0.1, 0.15) is 0 Å². The lowest BCUT2D eigenvalue weighted by molar-refractivity contribution is -0.123. The highest BCUT2D eigenvalue weighted by molar-refractivity contribution is 5.97. The van der Waals surface area contributed by atoms with Gasteiger partial charge in [-0.25, -0.2) is 0 Å². The molecule has 36 heavy (non-hydrogen) atoms. The molecule has 6 nitrogen and oxygen atoms in total. The fourth-order valence-electron chi connectivity index (χ4n) is 5.63. The van der Waals surface area contributed by atoms with Crippen LogP contribution in [0.3, 0.4) is 0 Å². The normalized spacial score (nSPS) is 19.0. The number of hydrogen-bond acceptors (Lipinski definition) is 4. The molecule has 2 unspecified atom stereocenters. The highest BCUT2D eigenvalue weighted by Crippen LogP contribution is 2.45. The van der Waals surface area contributed by atoms with Gasteiger partial charge in [0.05, 0.1) is 5.92 Å². The number of anilines is 1. The number of nitrogens with one attached hydrogen (secondary N) is 1. The first-order valence-corrected chi connectivity index (χ1v) is 12.9. The van der Waals surface area contributed by atoms with Crippen molar-refractivity contribution in [3.8, 4) is 0 Å². The summed E-state index contributed by atoms with van der Waals surface area (Å²) in [7, 11) is 0. The van der Waals surface area contributed by atoms with E-state index in [9.17, 15) is 9.59 Å². The monoisotopic (exact) mass is 482 g/mol. The number of rotatable bonds is 7. The molecule has 0 spiro atoms. The molecule has 2 amide bonds. The van der Waals surface area contributed by atoms with Crippen LogP contribution in [0.25, 0.3) is 0 Å². The van der Waals surface area contributed by atoms with Crippen LogP contribution in [-0.4, -0.2) is 40.8 Å². The maximum absolute atomic E-state index is 13.7. The zero-order valence-electron chi connectivity index (χ0n) is 21.1. The van der Waals surface area contributed by atoms with Crippen molar-refractivity contribution in [3.63, 3.8) is 0 Å². The number of carbonyl (C=O) groups excluding carboxylic acids is 2. The van der Waals surface area contributed by atoms with Gasteiger partial charge in [0.2, 0.25) is 5.91 Å². The summed E-state index contributed by atoms with van der Waals surface area (Å²) in [5, 5.41) is 3.15. The summed E-state index contributed by atoms with van der Waals surface area (Å²) in [5.41, 5.74) is 4.84. The Kier molecular flexibility index (Phi) is 7.03. The van der Waals surface area contributed by atoms with Gasteiger partial charge in [-0.15, -0.1) is 0 Å². The molecule has 3 aromatic rings. The molecule has 1 aromatic heterocycles. The van der Waals surface area contributed by atoms with Gasteiger partial charge in [-0.3, -0.25) is 14.6 Å². The first-order valence-electron chi connectivity index (χ1n) is 12.9. The highest BCUT2D eigenvalue weighted by atomic mass is 16.2. The second-order valence-electron chi connectivity index (χ2n) is 10.2. The molecule has 1 N–H and O–H groups in total. The van der Waals surface area contributed by atoms with Crippen LogP contribution in [-0.2, 0) is 17.9 Å². The minimum Gasteiger partial charge on any atom is -0.363 e. The molecule has 0 radical (unpaired) electrons. The maximum Gasteiger partial charge on any atom is 0.253 e. The van der Waals surface area contributed by atoms with E-state index in [0.29, 0.717) is 18.7 Å². The second-order valence-corrected chi connectivity index (χ2v) is 10.2. The number of benzene rings is 2. The molecular formula is C30H34N4O2. The van der Waals surface area contributed by atoms with Crippen molar-refractivity contribution in [1.29, 1.82) is 0 Å². The Bertz CT molecular complexity index is 1210. The molecule has 1 saturated heterocycles. The fourth-order valence-corrected chi connectivity index (χ4v) is 5.63. The number of carbonyl (C=O) groups is 2. The van der Waals surface area contributed by atoms with E-state index in [1.807, 2.05) is 53.4 Å². The Morgan fingerprint density at radius 2 is 1.75 bits per heavy atom. The number of hydrogen-bond donors (Lipinski definition) is 1. The average Bonchev–Trinajstić information content (AvgIpc) is 3.55. The van der Waals surface area contributed by atoms with Crippen LogP contribution in [0.4, 0.5) is 5.69 Å². The molecule has 1 fully saturated rings. The van der Waals surface area contributed by atoms with Gasteiger partial charge in [-0.05, 0) is 53.6 Å². The Labute approximate surface area is 213 Å². The third-order valence-electron chi connectivity index (χ3n) is 7.37. The quantitative estimate of drug-likeness (QED) is 0.527. The first kappa shape index (κ1) is 24.0. The molecule has 3 heterocycles. The third-order valence-corrected chi connectivity index (χ3v) is 7.37. The Morgan fingerprint density at radius 1 is 1.00 bits per heavy atom. The standard InChI is InChI=1S/C30H34N4O2/c1-21(2)28-27(29(35)32-19-23-11-8-14-31-18-23)25-13-12-24(30(36)33-15-6-7-16-33)17-26(25)34(28)20-22-9-4-3-5-10-22/h3-5,8-14,17-18,21,27-28H,6-7,15-16,19-20H2,1-2H3,(H,32,35). The van der Waals surface area contributed by atoms with E-state index in [-0.39, 0.29) is 29.7 Å². The summed E-state index contributed by atoms with van der Waals surface area (Å²) >= 11 is 0. The summed E-state index contributed by atoms with van der Waals surface area (Å²) in [5.74, 6) is -0.00201. The molecule has 0 bridgehead atoms. The molecule has 6 heteroatoms. The van der Waals surface area contributed by atoms with Gasteiger partial charge in [0.15, 0.2) is 0 Å². The number of pyridine rings is 1. The van der Waals surface area contributed by atoms with Crippen molar-refractivity contribution >= 4 is 17.5 Å². The van der Waals surface area contributed by atoms with Gasteiger partial charge < -0.3 is 15.1 Å². The van der Waals surface area contributed by atoms with E-state index in [2.05, 4.69) is 41.2 Å². The Morgan fingerprint density at radius 3 is 2.44 bits per heavy atom. The van der Waals surface area contributed by atoms with Gasteiger partial charge in [-0.1, -0.05) is 56.3 Å². The van der Waals surface area contributed by atoms with Crippen LogP contribution >= 0.6 is 0 Å². The summed E-state index contributed by atoms with van der Waals surface area (Å²) in [6.07, 6.45) is 5.63. The third kappa shape index (κ3) is 4.85. The number of nitrogens with zero attached hydrogens (tertiary/aromatic N) is 3. The zero-order chi connectivity index (χ0) is 25.1. The van der Waals surface area contributed by atoms with Crippen molar-refractivity contribution in [3.05, 3.63) is 95.3 Å². The van der Waals surface area contributed by atoms with Crippen LogP contribution in [0.15, 0.2) is 73.1 Å². The molecule has 2 atom stereocenters. The number of fused-ring (bicyclic) bond motifs is 1. The topological polar surface area (TPSA) is 65.5 Å². The maximum atomic E-state index is 13.7. The molecule has 2 aliphatic heterocycles. The lowest BCUT2D eigenvalue weighted by atomic mass is 9.87. The minimum atomic E-state index is -0.323. The highest BCUT2D eigenvalue weighted by Gasteiger charge is 2.44.